The SMILES string of the molecule is Cc1ccc(NCc2cn(C)nn2)cc1-n1cnnn1. The number of hydrogen-bond acceptors (Lipinski definition) is 6. The maximum absolute atomic E-state index is 4.03. The maximum atomic E-state index is 4.03. The van der Waals surface area contributed by atoms with Gasteiger partial charge in [-0.15, -0.1) is 10.2 Å². The minimum absolute atomic E-state index is 0.617. The molecule has 1 N–H and O–H groups in total. The maximum Gasteiger partial charge on any atom is 0.143 e. The van der Waals surface area contributed by atoms with Gasteiger partial charge in [0.1, 0.15) is 12.0 Å². The summed E-state index contributed by atoms with van der Waals surface area (Å²) >= 11 is 0. The molecule has 2 heterocycles. The Labute approximate surface area is 115 Å². The Morgan fingerprint density at radius 2 is 2.15 bits per heavy atom. The molecule has 0 atom stereocenters. The number of tetrazole rings is 1. The standard InChI is InChI=1S/C12H14N8/c1-9-3-4-10(5-12(9)20-8-14-16-18-20)13-6-11-7-19(2)17-15-11/h3-5,7-8,13H,6H2,1-2H3. The van der Waals surface area contributed by atoms with Gasteiger partial charge in [0.05, 0.1) is 12.2 Å². The first-order valence-electron chi connectivity index (χ1n) is 6.15. The number of anilines is 1. The lowest BCUT2D eigenvalue weighted by Crippen LogP contribution is -2.03. The third-order valence-corrected chi connectivity index (χ3v) is 2.93. The average molecular weight is 270 g/mol. The van der Waals surface area contributed by atoms with Gasteiger partial charge in [-0.1, -0.05) is 11.3 Å². The molecule has 8 nitrogen and oxygen atoms in total. The zero-order valence-corrected chi connectivity index (χ0v) is 11.2. The molecular weight excluding hydrogens is 256 g/mol. The van der Waals surface area contributed by atoms with Crippen molar-refractivity contribution < 1.29 is 0 Å². The van der Waals surface area contributed by atoms with Crippen LogP contribution in [-0.4, -0.2) is 35.2 Å². The van der Waals surface area contributed by atoms with E-state index < -0.39 is 0 Å². The fourth-order valence-electron chi connectivity index (χ4n) is 1.91. The highest BCUT2D eigenvalue weighted by Gasteiger charge is 2.05. The topological polar surface area (TPSA) is 86.3 Å². The molecule has 0 unspecified atom stereocenters. The van der Waals surface area contributed by atoms with E-state index in [9.17, 15) is 0 Å². The Hall–Kier alpha value is -2.77. The normalized spacial score (nSPS) is 10.7. The summed E-state index contributed by atoms with van der Waals surface area (Å²) in [6.45, 7) is 2.63. The lowest BCUT2D eigenvalue weighted by atomic mass is 10.2. The first-order chi connectivity index (χ1) is 9.72. The molecular formula is C12H14N8. The molecule has 0 aliphatic heterocycles. The monoisotopic (exact) mass is 270 g/mol. The van der Waals surface area contributed by atoms with Gasteiger partial charge in [-0.25, -0.2) is 4.68 Å². The van der Waals surface area contributed by atoms with Crippen molar-refractivity contribution in [3.8, 4) is 5.69 Å². The third-order valence-electron chi connectivity index (χ3n) is 2.93. The van der Waals surface area contributed by atoms with Crippen molar-refractivity contribution in [2.45, 2.75) is 13.5 Å². The van der Waals surface area contributed by atoms with E-state index in [2.05, 4.69) is 31.2 Å². The van der Waals surface area contributed by atoms with E-state index in [1.807, 2.05) is 38.4 Å². The predicted molar refractivity (Wildman–Crippen MR) is 72.2 cm³/mol. The van der Waals surface area contributed by atoms with Crippen LogP contribution in [0, 0.1) is 6.92 Å². The van der Waals surface area contributed by atoms with Crippen molar-refractivity contribution in [2.24, 2.45) is 7.05 Å². The Morgan fingerprint density at radius 3 is 2.85 bits per heavy atom. The van der Waals surface area contributed by atoms with E-state index >= 15 is 0 Å². The van der Waals surface area contributed by atoms with E-state index in [-0.39, 0.29) is 0 Å². The van der Waals surface area contributed by atoms with Gasteiger partial charge in [0.25, 0.3) is 0 Å². The molecule has 0 spiro atoms. The number of rotatable bonds is 4. The van der Waals surface area contributed by atoms with Gasteiger partial charge in [0.15, 0.2) is 0 Å². The van der Waals surface area contributed by atoms with Gasteiger partial charge in [0.2, 0.25) is 0 Å². The molecule has 3 aromatic rings. The summed E-state index contributed by atoms with van der Waals surface area (Å²) in [6.07, 6.45) is 3.46. The van der Waals surface area contributed by atoms with Gasteiger partial charge in [0, 0.05) is 18.9 Å². The van der Waals surface area contributed by atoms with Crippen molar-refractivity contribution in [1.82, 2.24) is 35.2 Å². The summed E-state index contributed by atoms with van der Waals surface area (Å²) in [4.78, 5) is 0. The van der Waals surface area contributed by atoms with Crippen LogP contribution in [0.5, 0.6) is 0 Å². The van der Waals surface area contributed by atoms with E-state index in [4.69, 9.17) is 0 Å². The summed E-state index contributed by atoms with van der Waals surface area (Å²) in [5, 5.41) is 22.5. The average Bonchev–Trinajstić information content (AvgIpc) is 3.09. The van der Waals surface area contributed by atoms with Crippen molar-refractivity contribution in [1.29, 1.82) is 0 Å². The number of benzene rings is 1. The zero-order valence-electron chi connectivity index (χ0n) is 11.2. The molecule has 8 heteroatoms. The smallest absolute Gasteiger partial charge is 0.143 e. The zero-order chi connectivity index (χ0) is 13.9. The highest BCUT2D eigenvalue weighted by Crippen LogP contribution is 2.18. The van der Waals surface area contributed by atoms with Crippen molar-refractivity contribution in [2.75, 3.05) is 5.32 Å². The fraction of sp³-hybridized carbons (Fsp3) is 0.250. The first-order valence-corrected chi connectivity index (χ1v) is 6.15. The molecule has 20 heavy (non-hydrogen) atoms. The molecule has 0 bridgehead atoms. The van der Waals surface area contributed by atoms with Crippen LogP contribution in [0.2, 0.25) is 0 Å². The van der Waals surface area contributed by atoms with Crippen LogP contribution in [0.25, 0.3) is 5.69 Å². The minimum atomic E-state index is 0.617. The molecule has 0 saturated heterocycles. The summed E-state index contributed by atoms with van der Waals surface area (Å²) in [7, 11) is 1.85. The van der Waals surface area contributed by atoms with Crippen molar-refractivity contribution in [3.05, 3.63) is 42.0 Å². The van der Waals surface area contributed by atoms with Crippen LogP contribution < -0.4 is 5.32 Å². The number of nitrogens with zero attached hydrogens (tertiary/aromatic N) is 7. The quantitative estimate of drug-likeness (QED) is 0.751. The second-order valence-electron chi connectivity index (χ2n) is 4.49. The predicted octanol–water partition coefficient (Wildman–Crippen LogP) is 0.711. The van der Waals surface area contributed by atoms with Gasteiger partial charge >= 0.3 is 0 Å². The Balaban J connectivity index is 1.79. The molecule has 0 amide bonds. The lowest BCUT2D eigenvalue weighted by molar-refractivity contribution is 0.713. The van der Waals surface area contributed by atoms with E-state index in [1.165, 1.54) is 0 Å². The second-order valence-corrected chi connectivity index (χ2v) is 4.49. The van der Waals surface area contributed by atoms with Gasteiger partial charge in [-0.05, 0) is 35.0 Å². The summed E-state index contributed by atoms with van der Waals surface area (Å²) in [6, 6.07) is 6.04. The molecule has 3 rings (SSSR count). The lowest BCUT2D eigenvalue weighted by Gasteiger charge is -2.09. The van der Waals surface area contributed by atoms with E-state index in [0.717, 1.165) is 22.6 Å². The second kappa shape index (κ2) is 5.08. The van der Waals surface area contributed by atoms with Gasteiger partial charge in [-0.3, -0.25) is 4.68 Å². The Kier molecular flexibility index (Phi) is 3.12. The minimum Gasteiger partial charge on any atom is -0.379 e. The van der Waals surface area contributed by atoms with Crippen LogP contribution in [0.4, 0.5) is 5.69 Å². The molecule has 0 radical (unpaired) electrons. The largest absolute Gasteiger partial charge is 0.379 e. The fourth-order valence-corrected chi connectivity index (χ4v) is 1.91. The molecule has 1 aromatic carbocycles. The van der Waals surface area contributed by atoms with Crippen LogP contribution in [0.15, 0.2) is 30.7 Å². The summed E-state index contributed by atoms with van der Waals surface area (Å²) < 4.78 is 3.32. The molecule has 0 saturated carbocycles. The Morgan fingerprint density at radius 1 is 1.25 bits per heavy atom. The van der Waals surface area contributed by atoms with E-state index in [0.29, 0.717) is 6.54 Å². The number of aryl methyl sites for hydroxylation is 2. The Bertz CT molecular complexity index is 700. The highest BCUT2D eigenvalue weighted by molar-refractivity contribution is 5.54. The summed E-state index contributed by atoms with van der Waals surface area (Å²) in [5.74, 6) is 0. The number of hydrogen-bond donors (Lipinski definition) is 1. The molecule has 2 aromatic heterocycles. The molecule has 0 fully saturated rings. The van der Waals surface area contributed by atoms with Gasteiger partial charge < -0.3 is 5.32 Å². The van der Waals surface area contributed by atoms with Crippen LogP contribution in [-0.2, 0) is 13.6 Å². The molecule has 0 aliphatic carbocycles. The van der Waals surface area contributed by atoms with Crippen molar-refractivity contribution >= 4 is 5.69 Å². The van der Waals surface area contributed by atoms with Crippen molar-refractivity contribution in [3.63, 3.8) is 0 Å². The van der Waals surface area contributed by atoms with Crippen LogP contribution >= 0.6 is 0 Å². The van der Waals surface area contributed by atoms with Crippen LogP contribution in [0.1, 0.15) is 11.3 Å². The van der Waals surface area contributed by atoms with Gasteiger partial charge in [-0.2, -0.15) is 0 Å². The number of nitrogens with one attached hydrogen (secondary N) is 1. The summed E-state index contributed by atoms with van der Waals surface area (Å²) in [5.41, 5.74) is 3.91. The van der Waals surface area contributed by atoms with E-state index in [1.54, 1.807) is 15.7 Å². The molecule has 102 valence electrons. The molecule has 0 aliphatic rings. The highest BCUT2D eigenvalue weighted by atomic mass is 15.5. The number of aromatic nitrogens is 7. The first kappa shape index (κ1) is 12.3. The van der Waals surface area contributed by atoms with Crippen LogP contribution in [0.3, 0.4) is 0 Å². The third kappa shape index (κ3) is 2.48.